The van der Waals surface area contributed by atoms with Gasteiger partial charge in [-0.15, -0.1) is 10.2 Å². The predicted molar refractivity (Wildman–Crippen MR) is 62.9 cm³/mol. The molecule has 0 atom stereocenters. The maximum Gasteiger partial charge on any atom is 0.249 e. The van der Waals surface area contributed by atoms with Crippen molar-refractivity contribution in [3.8, 4) is 22.9 Å². The molecule has 0 radical (unpaired) electrons. The van der Waals surface area contributed by atoms with Gasteiger partial charge in [-0.2, -0.15) is 0 Å². The molecular formula is C13H8FN3O. The molecule has 4 nitrogen and oxygen atoms in total. The Morgan fingerprint density at radius 3 is 2.44 bits per heavy atom. The molecule has 3 aromatic rings. The van der Waals surface area contributed by atoms with Crippen molar-refractivity contribution < 1.29 is 8.81 Å². The Morgan fingerprint density at radius 2 is 1.72 bits per heavy atom. The average Bonchev–Trinajstić information content (AvgIpc) is 2.89. The van der Waals surface area contributed by atoms with E-state index in [0.717, 1.165) is 5.56 Å². The summed E-state index contributed by atoms with van der Waals surface area (Å²) in [6.07, 6.45) is 3.29. The van der Waals surface area contributed by atoms with Gasteiger partial charge in [-0.1, -0.05) is 6.07 Å². The van der Waals surface area contributed by atoms with Crippen LogP contribution < -0.4 is 0 Å². The maximum absolute atomic E-state index is 13.1. The predicted octanol–water partition coefficient (Wildman–Crippen LogP) is 2.94. The number of pyridine rings is 1. The van der Waals surface area contributed by atoms with Gasteiger partial charge in [-0.25, -0.2) is 4.39 Å². The Morgan fingerprint density at radius 1 is 0.944 bits per heavy atom. The molecule has 0 aliphatic carbocycles. The SMILES string of the molecule is Fc1cccc(-c2nnc(-c3cccnc3)o2)c1. The third-order valence-electron chi connectivity index (χ3n) is 2.41. The fraction of sp³-hybridized carbons (Fsp3) is 0. The van der Waals surface area contributed by atoms with E-state index in [1.54, 1.807) is 30.6 Å². The van der Waals surface area contributed by atoms with Crippen LogP contribution in [0.5, 0.6) is 0 Å². The lowest BCUT2D eigenvalue weighted by Crippen LogP contribution is -1.79. The van der Waals surface area contributed by atoms with Crippen LogP contribution in [0.1, 0.15) is 0 Å². The summed E-state index contributed by atoms with van der Waals surface area (Å²) in [5, 5.41) is 7.81. The summed E-state index contributed by atoms with van der Waals surface area (Å²) in [7, 11) is 0. The van der Waals surface area contributed by atoms with E-state index >= 15 is 0 Å². The number of hydrogen-bond acceptors (Lipinski definition) is 4. The van der Waals surface area contributed by atoms with Crippen molar-refractivity contribution in [1.82, 2.24) is 15.2 Å². The van der Waals surface area contributed by atoms with Crippen molar-refractivity contribution >= 4 is 0 Å². The summed E-state index contributed by atoms with van der Waals surface area (Å²) in [6, 6.07) is 9.61. The standard InChI is InChI=1S/C13H8FN3O/c14-11-5-1-3-9(7-11)12-16-17-13(18-12)10-4-2-6-15-8-10/h1-8H. The first-order chi connectivity index (χ1) is 8.83. The summed E-state index contributed by atoms with van der Waals surface area (Å²) in [5.74, 6) is 0.310. The van der Waals surface area contributed by atoms with Crippen LogP contribution in [0.3, 0.4) is 0 Å². The number of aromatic nitrogens is 3. The molecule has 18 heavy (non-hydrogen) atoms. The molecule has 2 heterocycles. The van der Waals surface area contributed by atoms with Crippen molar-refractivity contribution in [1.29, 1.82) is 0 Å². The van der Waals surface area contributed by atoms with Crippen LogP contribution in [-0.2, 0) is 0 Å². The zero-order valence-corrected chi connectivity index (χ0v) is 9.25. The van der Waals surface area contributed by atoms with E-state index in [4.69, 9.17) is 4.42 Å². The van der Waals surface area contributed by atoms with Crippen molar-refractivity contribution in [2.45, 2.75) is 0 Å². The summed E-state index contributed by atoms with van der Waals surface area (Å²) in [6.45, 7) is 0. The van der Waals surface area contributed by atoms with E-state index in [9.17, 15) is 4.39 Å². The van der Waals surface area contributed by atoms with Crippen LogP contribution in [0.4, 0.5) is 4.39 Å². The minimum Gasteiger partial charge on any atom is -0.416 e. The van der Waals surface area contributed by atoms with Crippen LogP contribution in [-0.4, -0.2) is 15.2 Å². The molecule has 2 aromatic heterocycles. The van der Waals surface area contributed by atoms with E-state index in [1.807, 2.05) is 6.07 Å². The molecule has 5 heteroatoms. The van der Waals surface area contributed by atoms with Gasteiger partial charge < -0.3 is 4.42 Å². The Bertz CT molecular complexity index is 667. The second-order valence-electron chi connectivity index (χ2n) is 3.66. The Balaban J connectivity index is 2.00. The van der Waals surface area contributed by atoms with E-state index in [-0.39, 0.29) is 11.7 Å². The van der Waals surface area contributed by atoms with Gasteiger partial charge in [0.05, 0.1) is 5.56 Å². The first kappa shape index (κ1) is 10.6. The summed E-state index contributed by atoms with van der Waals surface area (Å²) in [5.41, 5.74) is 1.28. The van der Waals surface area contributed by atoms with Gasteiger partial charge in [0.25, 0.3) is 0 Å². The normalized spacial score (nSPS) is 10.5. The molecule has 0 saturated carbocycles. The van der Waals surface area contributed by atoms with Gasteiger partial charge in [0.2, 0.25) is 11.8 Å². The molecule has 0 fully saturated rings. The first-order valence-electron chi connectivity index (χ1n) is 5.33. The van der Waals surface area contributed by atoms with Crippen LogP contribution in [0.15, 0.2) is 53.2 Å². The lowest BCUT2D eigenvalue weighted by Gasteiger charge is -1.94. The van der Waals surface area contributed by atoms with E-state index in [1.165, 1.54) is 12.1 Å². The van der Waals surface area contributed by atoms with Gasteiger partial charge in [0.1, 0.15) is 5.82 Å². The van der Waals surface area contributed by atoms with E-state index in [2.05, 4.69) is 15.2 Å². The summed E-state index contributed by atoms with van der Waals surface area (Å²) in [4.78, 5) is 3.97. The molecule has 0 amide bonds. The Kier molecular flexibility index (Phi) is 2.57. The quantitative estimate of drug-likeness (QED) is 0.692. The smallest absolute Gasteiger partial charge is 0.249 e. The molecule has 0 aliphatic heterocycles. The van der Waals surface area contributed by atoms with Gasteiger partial charge >= 0.3 is 0 Å². The summed E-state index contributed by atoms with van der Waals surface area (Å²) < 4.78 is 18.6. The fourth-order valence-electron chi connectivity index (χ4n) is 1.57. The number of benzene rings is 1. The third-order valence-corrected chi connectivity index (χ3v) is 2.41. The van der Waals surface area contributed by atoms with Gasteiger partial charge in [0, 0.05) is 18.0 Å². The lowest BCUT2D eigenvalue weighted by atomic mass is 10.2. The number of nitrogens with zero attached hydrogens (tertiary/aromatic N) is 3. The van der Waals surface area contributed by atoms with Gasteiger partial charge in [-0.05, 0) is 30.3 Å². The molecule has 0 saturated heterocycles. The number of rotatable bonds is 2. The maximum atomic E-state index is 13.1. The van der Waals surface area contributed by atoms with Crippen molar-refractivity contribution in [2.24, 2.45) is 0 Å². The van der Waals surface area contributed by atoms with Crippen LogP contribution in [0, 0.1) is 5.82 Å². The molecule has 0 aliphatic rings. The molecule has 0 spiro atoms. The Labute approximate surface area is 102 Å². The molecule has 88 valence electrons. The highest BCUT2D eigenvalue weighted by molar-refractivity contribution is 5.56. The summed E-state index contributed by atoms with van der Waals surface area (Å²) >= 11 is 0. The lowest BCUT2D eigenvalue weighted by molar-refractivity contribution is 0.581. The van der Waals surface area contributed by atoms with Crippen LogP contribution in [0.2, 0.25) is 0 Å². The molecule has 0 N–H and O–H groups in total. The highest BCUT2D eigenvalue weighted by atomic mass is 19.1. The number of halogens is 1. The highest BCUT2D eigenvalue weighted by Gasteiger charge is 2.10. The van der Waals surface area contributed by atoms with Crippen LogP contribution >= 0.6 is 0 Å². The average molecular weight is 241 g/mol. The molecule has 1 aromatic carbocycles. The highest BCUT2D eigenvalue weighted by Crippen LogP contribution is 2.23. The minimum absolute atomic E-state index is 0.286. The molecule has 0 unspecified atom stereocenters. The second kappa shape index (κ2) is 4.37. The second-order valence-corrected chi connectivity index (χ2v) is 3.66. The largest absolute Gasteiger partial charge is 0.416 e. The topological polar surface area (TPSA) is 51.8 Å². The van der Waals surface area contributed by atoms with Crippen molar-refractivity contribution in [3.63, 3.8) is 0 Å². The van der Waals surface area contributed by atoms with E-state index < -0.39 is 0 Å². The van der Waals surface area contributed by atoms with Gasteiger partial charge in [0.15, 0.2) is 0 Å². The molecule has 0 bridgehead atoms. The fourth-order valence-corrected chi connectivity index (χ4v) is 1.57. The molecule has 3 rings (SSSR count). The number of hydrogen-bond donors (Lipinski definition) is 0. The monoisotopic (exact) mass is 241 g/mol. The van der Waals surface area contributed by atoms with E-state index in [0.29, 0.717) is 11.5 Å². The zero-order chi connectivity index (χ0) is 12.4. The van der Waals surface area contributed by atoms with Crippen LogP contribution in [0.25, 0.3) is 22.9 Å². The zero-order valence-electron chi connectivity index (χ0n) is 9.25. The van der Waals surface area contributed by atoms with Crippen molar-refractivity contribution in [3.05, 3.63) is 54.6 Å². The third kappa shape index (κ3) is 1.98. The van der Waals surface area contributed by atoms with Crippen molar-refractivity contribution in [2.75, 3.05) is 0 Å². The van der Waals surface area contributed by atoms with Gasteiger partial charge in [-0.3, -0.25) is 4.98 Å². The first-order valence-corrected chi connectivity index (χ1v) is 5.33. The molecular weight excluding hydrogens is 233 g/mol. The Hall–Kier alpha value is -2.56. The minimum atomic E-state index is -0.339.